The minimum Gasteiger partial charge on any atom is -0.448 e. The molecule has 0 aromatic carbocycles. The maximum Gasteiger partial charge on any atom is 0.410 e. The van der Waals surface area contributed by atoms with Gasteiger partial charge in [0.1, 0.15) is 23.9 Å². The van der Waals surface area contributed by atoms with Gasteiger partial charge in [0.25, 0.3) is 5.69 Å². The monoisotopic (exact) mass is 963 g/mol. The summed E-state index contributed by atoms with van der Waals surface area (Å²) in [5, 5.41) is 27.9. The quantitative estimate of drug-likeness (QED) is 0.0411. The van der Waals surface area contributed by atoms with Crippen LogP contribution in [-0.2, 0) is 33.4 Å². The number of nitrogens with zero attached hydrogens (tertiary/aromatic N) is 5. The number of hydrogen-bond acceptors (Lipinski definition) is 14. The lowest BCUT2D eigenvalue weighted by molar-refractivity contribution is -0.385. The Balaban J connectivity index is 2.11. The van der Waals surface area contributed by atoms with Gasteiger partial charge in [0.15, 0.2) is 0 Å². The molecule has 1 saturated heterocycles. The fraction of sp³-hybridized carbons (Fsp3) is 0.652. The number of hydrogen-bond donors (Lipinski definition) is 3. The summed E-state index contributed by atoms with van der Waals surface area (Å²) >= 11 is 0. The molecule has 2 rings (SSSR count). The summed E-state index contributed by atoms with van der Waals surface area (Å²) in [7, 11) is 8.73. The van der Waals surface area contributed by atoms with E-state index < -0.39 is 76.0 Å². The first-order valence-electron chi connectivity index (χ1n) is 22.2. The van der Waals surface area contributed by atoms with Gasteiger partial charge in [-0.05, 0) is 67.9 Å². The molecule has 1 aliphatic heterocycles. The highest BCUT2D eigenvalue weighted by Crippen LogP contribution is 2.40. The average Bonchev–Trinajstić information content (AvgIpc) is 3.77. The Labute approximate surface area is 398 Å². The van der Waals surface area contributed by atoms with Gasteiger partial charge in [0, 0.05) is 40.9 Å². The highest BCUT2D eigenvalue weighted by molar-refractivity contribution is 8.77. The minimum absolute atomic E-state index is 0.0179. The summed E-state index contributed by atoms with van der Waals surface area (Å²) < 4.78 is 16.9. The second-order valence-corrected chi connectivity index (χ2v) is 20.5. The molecule has 66 heavy (non-hydrogen) atoms. The van der Waals surface area contributed by atoms with Gasteiger partial charge < -0.3 is 39.8 Å². The molecule has 1 fully saturated rings. The highest BCUT2D eigenvalue weighted by atomic mass is 33.1. The van der Waals surface area contributed by atoms with Gasteiger partial charge in [0.05, 0.1) is 65.0 Å². The second kappa shape index (κ2) is 27.3. The molecule has 20 heteroatoms. The first kappa shape index (κ1) is 57.6. The number of ether oxygens (including phenoxy) is 3. The van der Waals surface area contributed by atoms with Crippen molar-refractivity contribution >= 4 is 57.0 Å². The number of nitrogens with one attached hydrogen (secondary N) is 2. The van der Waals surface area contributed by atoms with E-state index in [1.54, 1.807) is 45.7 Å². The summed E-state index contributed by atoms with van der Waals surface area (Å²) in [6, 6.07) is 0.309. The van der Waals surface area contributed by atoms with Crippen LogP contribution < -0.4 is 10.6 Å². The number of rotatable bonds is 27. The van der Waals surface area contributed by atoms with Crippen LogP contribution >= 0.6 is 21.6 Å². The number of likely N-dealkylation sites (tertiary alicyclic amines) is 1. The maximum absolute atomic E-state index is 14.2. The lowest BCUT2D eigenvalue weighted by atomic mass is 9.90. The largest absolute Gasteiger partial charge is 0.448 e. The number of aliphatic hydroxyl groups excluding tert-OH is 1. The molecular weight excluding hydrogens is 891 g/mol. The van der Waals surface area contributed by atoms with Gasteiger partial charge in [-0.1, -0.05) is 83.2 Å². The zero-order valence-corrected chi connectivity index (χ0v) is 42.3. The lowest BCUT2D eigenvalue weighted by Crippen LogP contribution is -2.56. The molecule has 2 heterocycles. The van der Waals surface area contributed by atoms with Crippen molar-refractivity contribution in [3.8, 4) is 0 Å². The Bertz CT molecular complexity index is 1850. The number of amides is 5. The summed E-state index contributed by atoms with van der Waals surface area (Å²) in [5.74, 6) is -2.68. The van der Waals surface area contributed by atoms with Crippen LogP contribution in [-0.4, -0.2) is 155 Å². The molecule has 1 aromatic heterocycles. The third kappa shape index (κ3) is 16.4. The summed E-state index contributed by atoms with van der Waals surface area (Å²) in [5.41, 5.74) is 0.390. The minimum atomic E-state index is -1.01. The third-order valence-electron chi connectivity index (χ3n) is 11.9. The van der Waals surface area contributed by atoms with Crippen molar-refractivity contribution in [2.75, 3.05) is 48.0 Å². The molecule has 1 aromatic rings. The Morgan fingerprint density at radius 3 is 2.27 bits per heavy atom. The molecule has 18 nitrogen and oxygen atoms in total. The smallest absolute Gasteiger partial charge is 0.410 e. The van der Waals surface area contributed by atoms with Gasteiger partial charge >= 0.3 is 6.09 Å². The first-order valence-corrected chi connectivity index (χ1v) is 24.3. The maximum atomic E-state index is 14.2. The molecule has 0 bridgehead atoms. The zero-order valence-electron chi connectivity index (χ0n) is 40.7. The first-order chi connectivity index (χ1) is 31.0. The molecule has 5 amide bonds. The molecule has 3 N–H and O–H groups in total. The number of methoxy groups -OCH3 is 2. The topological polar surface area (TPSA) is 223 Å². The Hall–Kier alpha value is -4.50. The van der Waals surface area contributed by atoms with E-state index in [0.717, 1.165) is 0 Å². The van der Waals surface area contributed by atoms with E-state index in [1.165, 1.54) is 83.1 Å². The fourth-order valence-electron chi connectivity index (χ4n) is 7.95. The van der Waals surface area contributed by atoms with Gasteiger partial charge in [0.2, 0.25) is 23.6 Å². The van der Waals surface area contributed by atoms with Crippen LogP contribution in [0.1, 0.15) is 81.1 Å². The molecule has 9 atom stereocenters. The fourth-order valence-corrected chi connectivity index (χ4v) is 9.96. The number of carbonyl (C=O) groups is 5. The van der Waals surface area contributed by atoms with Gasteiger partial charge in [-0.3, -0.25) is 34.2 Å². The molecule has 370 valence electrons. The number of likely N-dealkylation sites (N-methyl/N-ethyl adjacent to an activating group) is 2. The molecule has 0 aliphatic carbocycles. The van der Waals surface area contributed by atoms with Crippen LogP contribution in [0.15, 0.2) is 60.3 Å². The normalized spacial score (nSPS) is 17.9. The average molecular weight is 964 g/mol. The molecule has 0 radical (unpaired) electrons. The van der Waals surface area contributed by atoms with Gasteiger partial charge in [-0.25, -0.2) is 9.78 Å². The van der Waals surface area contributed by atoms with Crippen LogP contribution in [0.5, 0.6) is 0 Å². The van der Waals surface area contributed by atoms with E-state index >= 15 is 0 Å². The van der Waals surface area contributed by atoms with Gasteiger partial charge in [-0.2, -0.15) is 0 Å². The third-order valence-corrected chi connectivity index (χ3v) is 15.1. The number of aliphatic hydroxyl groups is 1. The van der Waals surface area contributed by atoms with Gasteiger partial charge in [-0.15, -0.1) is 0 Å². The molecule has 9 unspecified atom stereocenters. The van der Waals surface area contributed by atoms with Crippen molar-refractivity contribution in [3.05, 3.63) is 65.4 Å². The van der Waals surface area contributed by atoms with E-state index in [1.807, 2.05) is 27.7 Å². The summed E-state index contributed by atoms with van der Waals surface area (Å²) in [6.45, 7) is 22.1. The van der Waals surface area contributed by atoms with E-state index in [9.17, 15) is 39.2 Å². The van der Waals surface area contributed by atoms with Crippen molar-refractivity contribution < 1.29 is 48.2 Å². The summed E-state index contributed by atoms with van der Waals surface area (Å²) in [6.07, 6.45) is 4.62. The Morgan fingerprint density at radius 1 is 1.08 bits per heavy atom. The molecular formula is C46H73N7O11S2. The van der Waals surface area contributed by atoms with Crippen molar-refractivity contribution in [3.63, 3.8) is 0 Å². The van der Waals surface area contributed by atoms with E-state index in [2.05, 4.69) is 28.8 Å². The SMILES string of the molecule is C=C/C=C(\C=C)C(O)C(C)NC(=O)C(C)C(OC)C1CCCN1C(=O)CC(OC)C(C(C)CC)N(C)C(=O)CNC(=O)C(C(C)C)N(C)C(=O)OCC(C)(C)SSc1ccc([N+](=O)[O-])cn1. The number of allylic oxidation sites excluding steroid dienone is 2. The van der Waals surface area contributed by atoms with Crippen LogP contribution in [0.3, 0.4) is 0 Å². The van der Waals surface area contributed by atoms with Crippen molar-refractivity contribution in [2.24, 2.45) is 17.8 Å². The number of nitro groups is 1. The highest BCUT2D eigenvalue weighted by Gasteiger charge is 2.42. The van der Waals surface area contributed by atoms with Crippen LogP contribution in [0.2, 0.25) is 0 Å². The Morgan fingerprint density at radius 2 is 1.74 bits per heavy atom. The van der Waals surface area contributed by atoms with Crippen molar-refractivity contribution in [1.29, 1.82) is 0 Å². The Kier molecular flexibility index (Phi) is 23.9. The zero-order chi connectivity index (χ0) is 50.1. The predicted octanol–water partition coefficient (Wildman–Crippen LogP) is 5.80. The summed E-state index contributed by atoms with van der Waals surface area (Å²) in [4.78, 5) is 87.4. The predicted molar refractivity (Wildman–Crippen MR) is 257 cm³/mol. The number of aromatic nitrogens is 1. The van der Waals surface area contributed by atoms with E-state index in [0.29, 0.717) is 36.4 Å². The standard InChI is InChI=1S/C46H73N7O11S2/c1-15-19-32(17-3)41(56)31(8)49-43(57)30(7)42(63-14)34-20-18-23-52(34)37(54)24-35(62-13)40(29(6)16-2)50(11)38(55)26-48-44(58)39(28(4)5)51(12)45(59)64-27-46(9,10)66-65-36-22-21-33(25-47-36)53(60)61/h15,17,19,21-22,25,28-31,34-35,39-42,56H,1,3,16,18,20,23-24,26-27H2,2,4-14H3,(H,48,58)(H,49,57)/b32-19+. The molecule has 0 spiro atoms. The van der Waals surface area contributed by atoms with Crippen LogP contribution in [0.25, 0.3) is 0 Å². The number of pyridine rings is 1. The molecule has 0 saturated carbocycles. The second-order valence-electron chi connectivity index (χ2n) is 17.6. The number of carbonyl (C=O) groups excluding carboxylic acids is 5. The van der Waals surface area contributed by atoms with E-state index in [4.69, 9.17) is 14.2 Å². The molecule has 1 aliphatic rings. The van der Waals surface area contributed by atoms with Crippen LogP contribution in [0, 0.1) is 27.9 Å². The lowest BCUT2D eigenvalue weighted by Gasteiger charge is -2.39. The van der Waals surface area contributed by atoms with Crippen molar-refractivity contribution in [2.45, 2.75) is 133 Å². The van der Waals surface area contributed by atoms with E-state index in [-0.39, 0.29) is 48.9 Å². The van der Waals surface area contributed by atoms with Crippen molar-refractivity contribution in [1.82, 2.24) is 30.3 Å². The van der Waals surface area contributed by atoms with Crippen LogP contribution in [0.4, 0.5) is 10.5 Å².